The summed E-state index contributed by atoms with van der Waals surface area (Å²) in [6.45, 7) is 4.22. The number of rotatable bonds is 10. The Balaban J connectivity index is 1.28. The molecule has 1 saturated carbocycles. The van der Waals surface area contributed by atoms with E-state index in [9.17, 15) is 9.59 Å². The molecule has 1 aromatic heterocycles. The minimum Gasteiger partial charge on any atom is -0.497 e. The van der Waals surface area contributed by atoms with E-state index < -0.39 is 24.1 Å². The quantitative estimate of drug-likeness (QED) is 0.356. The Morgan fingerprint density at radius 1 is 0.976 bits per heavy atom. The largest absolute Gasteiger partial charge is 0.497 e. The van der Waals surface area contributed by atoms with Crippen LogP contribution in [0.3, 0.4) is 0 Å². The van der Waals surface area contributed by atoms with Crippen LogP contribution in [-0.2, 0) is 36.8 Å². The van der Waals surface area contributed by atoms with E-state index in [1.54, 1.807) is 45.6 Å². The molecule has 5 rings (SSSR count). The van der Waals surface area contributed by atoms with E-state index in [1.807, 2.05) is 12.1 Å². The van der Waals surface area contributed by atoms with E-state index >= 15 is 0 Å². The highest BCUT2D eigenvalue weighted by atomic mass is 16.6. The summed E-state index contributed by atoms with van der Waals surface area (Å²) in [5.41, 5.74) is 3.62. The number of carbonyl (C=O) groups excluding carboxylic acids is 2. The number of hydrogen-bond donors (Lipinski definition) is 1. The van der Waals surface area contributed by atoms with E-state index in [0.29, 0.717) is 17.9 Å². The van der Waals surface area contributed by atoms with Gasteiger partial charge in [0.2, 0.25) is 0 Å². The molecule has 2 aromatic carbocycles. The van der Waals surface area contributed by atoms with E-state index in [4.69, 9.17) is 28.4 Å². The van der Waals surface area contributed by atoms with Crippen molar-refractivity contribution in [2.45, 2.75) is 38.5 Å². The SMILES string of the molecule is COC(=O)[C@H]1[C@@H](C)[C@@H](CN2CCc3c([nH]c4cc(OC)ccc34)C2)C[C@@H](OC(=O)COc2ccc(OC)cc2)[C@@H]1OC. The number of esters is 2. The van der Waals surface area contributed by atoms with Gasteiger partial charge in [-0.05, 0) is 66.6 Å². The third kappa shape index (κ3) is 6.19. The molecule has 0 unspecified atom stereocenters. The first-order valence-electron chi connectivity index (χ1n) is 14.3. The van der Waals surface area contributed by atoms with Crippen molar-refractivity contribution >= 4 is 22.8 Å². The minimum atomic E-state index is -0.620. The Hall–Kier alpha value is -3.76. The summed E-state index contributed by atoms with van der Waals surface area (Å²) < 4.78 is 33.1. The van der Waals surface area contributed by atoms with Crippen molar-refractivity contribution in [3.05, 3.63) is 53.7 Å². The smallest absolute Gasteiger partial charge is 0.344 e. The number of nitrogens with zero attached hydrogens (tertiary/aromatic N) is 1. The van der Waals surface area contributed by atoms with Gasteiger partial charge < -0.3 is 33.4 Å². The van der Waals surface area contributed by atoms with Crippen LogP contribution in [0.15, 0.2) is 42.5 Å². The molecule has 10 nitrogen and oxygen atoms in total. The van der Waals surface area contributed by atoms with Crippen LogP contribution in [0.5, 0.6) is 17.2 Å². The van der Waals surface area contributed by atoms with Crippen molar-refractivity contribution in [3.8, 4) is 17.2 Å². The van der Waals surface area contributed by atoms with Crippen molar-refractivity contribution in [1.29, 1.82) is 0 Å². The molecule has 1 aliphatic heterocycles. The molecule has 0 radical (unpaired) electrons. The lowest BCUT2D eigenvalue weighted by Gasteiger charge is -2.45. The molecule has 10 heteroatoms. The zero-order valence-corrected chi connectivity index (χ0v) is 24.9. The van der Waals surface area contributed by atoms with Gasteiger partial charge in [-0.25, -0.2) is 4.79 Å². The van der Waals surface area contributed by atoms with Gasteiger partial charge in [0.15, 0.2) is 6.61 Å². The second-order valence-electron chi connectivity index (χ2n) is 11.1. The van der Waals surface area contributed by atoms with Crippen LogP contribution in [0, 0.1) is 17.8 Å². The number of aromatic nitrogens is 1. The third-order valence-corrected chi connectivity index (χ3v) is 8.76. The monoisotopic (exact) mass is 580 g/mol. The van der Waals surface area contributed by atoms with E-state index in [-0.39, 0.29) is 24.4 Å². The number of carbonyl (C=O) groups is 2. The van der Waals surface area contributed by atoms with Gasteiger partial charge >= 0.3 is 11.9 Å². The molecule has 0 saturated heterocycles. The summed E-state index contributed by atoms with van der Waals surface area (Å²) >= 11 is 0. The second kappa shape index (κ2) is 13.0. The van der Waals surface area contributed by atoms with Crippen molar-refractivity contribution in [2.24, 2.45) is 17.8 Å². The van der Waals surface area contributed by atoms with Crippen LogP contribution in [-0.4, -0.2) is 82.2 Å². The number of H-pyrrole nitrogens is 1. The fraction of sp³-hybridized carbons (Fsp3) is 0.500. The number of nitrogens with one attached hydrogen (secondary N) is 1. The number of fused-ring (bicyclic) bond motifs is 3. The van der Waals surface area contributed by atoms with Gasteiger partial charge in [0.25, 0.3) is 0 Å². The molecular formula is C32H40N2O8. The fourth-order valence-corrected chi connectivity index (χ4v) is 6.53. The Labute approximate surface area is 246 Å². The summed E-state index contributed by atoms with van der Waals surface area (Å²) in [4.78, 5) is 31.9. The first-order chi connectivity index (χ1) is 20.3. The average Bonchev–Trinajstić information content (AvgIpc) is 3.38. The molecular weight excluding hydrogens is 540 g/mol. The van der Waals surface area contributed by atoms with Gasteiger partial charge in [0, 0.05) is 49.4 Å². The molecule has 0 bridgehead atoms. The summed E-state index contributed by atoms with van der Waals surface area (Å²) in [5.74, 6) is 0.627. The van der Waals surface area contributed by atoms with Crippen molar-refractivity contribution in [1.82, 2.24) is 9.88 Å². The zero-order valence-electron chi connectivity index (χ0n) is 24.9. The Kier molecular flexibility index (Phi) is 9.23. The molecule has 1 aliphatic carbocycles. The van der Waals surface area contributed by atoms with Gasteiger partial charge in [-0.1, -0.05) is 6.92 Å². The third-order valence-electron chi connectivity index (χ3n) is 8.76. The van der Waals surface area contributed by atoms with Crippen LogP contribution in [0.4, 0.5) is 0 Å². The van der Waals surface area contributed by atoms with Crippen molar-refractivity contribution in [2.75, 3.05) is 48.1 Å². The maximum atomic E-state index is 13.0. The highest BCUT2D eigenvalue weighted by Gasteiger charge is 2.49. The molecule has 226 valence electrons. The number of ether oxygens (including phenoxy) is 6. The highest BCUT2D eigenvalue weighted by Crippen LogP contribution is 2.40. The van der Waals surface area contributed by atoms with E-state index in [2.05, 4.69) is 22.9 Å². The molecule has 5 atom stereocenters. The van der Waals surface area contributed by atoms with Gasteiger partial charge in [0.1, 0.15) is 29.5 Å². The molecule has 3 aromatic rings. The summed E-state index contributed by atoms with van der Waals surface area (Å²) in [7, 11) is 6.18. The summed E-state index contributed by atoms with van der Waals surface area (Å²) in [6.07, 6.45) is 0.248. The molecule has 2 aliphatic rings. The van der Waals surface area contributed by atoms with Crippen molar-refractivity contribution < 1.29 is 38.0 Å². The predicted molar refractivity (Wildman–Crippen MR) is 156 cm³/mol. The molecule has 42 heavy (non-hydrogen) atoms. The summed E-state index contributed by atoms with van der Waals surface area (Å²) in [5, 5.41) is 1.23. The lowest BCUT2D eigenvalue weighted by atomic mass is 9.69. The van der Waals surface area contributed by atoms with Crippen LogP contribution in [0.1, 0.15) is 24.6 Å². The molecule has 1 fully saturated rings. The molecule has 1 N–H and O–H groups in total. The first-order valence-corrected chi connectivity index (χ1v) is 14.3. The maximum absolute atomic E-state index is 13.0. The normalized spacial score (nSPS) is 24.1. The predicted octanol–water partition coefficient (Wildman–Crippen LogP) is 3.99. The molecule has 2 heterocycles. The number of benzene rings is 2. The number of aromatic amines is 1. The van der Waals surface area contributed by atoms with E-state index in [1.165, 1.54) is 23.8 Å². The Bertz CT molecular complexity index is 1390. The minimum absolute atomic E-state index is 0.0405. The van der Waals surface area contributed by atoms with Gasteiger partial charge in [-0.15, -0.1) is 0 Å². The Morgan fingerprint density at radius 3 is 2.38 bits per heavy atom. The number of methoxy groups -OCH3 is 4. The maximum Gasteiger partial charge on any atom is 0.344 e. The summed E-state index contributed by atoms with van der Waals surface area (Å²) in [6, 6.07) is 13.1. The second-order valence-corrected chi connectivity index (χ2v) is 11.1. The van der Waals surface area contributed by atoms with Crippen LogP contribution < -0.4 is 14.2 Å². The zero-order chi connectivity index (χ0) is 29.8. The topological polar surface area (TPSA) is 109 Å². The average molecular weight is 581 g/mol. The van der Waals surface area contributed by atoms with Gasteiger partial charge in [0.05, 0.1) is 27.2 Å². The lowest BCUT2D eigenvalue weighted by molar-refractivity contribution is -0.184. The standard InChI is InChI=1S/C32H40N2O8/c1-19-20(16-34-13-12-25-24-11-10-23(38-3)15-26(24)33-27(25)17-34)14-28(31(39-4)30(19)32(36)40-5)42-29(35)18-41-22-8-6-21(37-2)7-9-22/h6-11,15,19-20,28,30-31,33H,12-14,16-18H2,1-5H3/t19-,20+,28+,30-,31-/m0/s1. The van der Waals surface area contributed by atoms with Gasteiger partial charge in [-0.2, -0.15) is 0 Å². The van der Waals surface area contributed by atoms with Crippen LogP contribution in [0.2, 0.25) is 0 Å². The van der Waals surface area contributed by atoms with Crippen molar-refractivity contribution in [3.63, 3.8) is 0 Å². The van der Waals surface area contributed by atoms with E-state index in [0.717, 1.165) is 37.3 Å². The first kappa shape index (κ1) is 29.7. The fourth-order valence-electron chi connectivity index (χ4n) is 6.53. The van der Waals surface area contributed by atoms with Crippen LogP contribution >= 0.6 is 0 Å². The number of hydrogen-bond acceptors (Lipinski definition) is 9. The molecule has 0 spiro atoms. The Morgan fingerprint density at radius 2 is 1.69 bits per heavy atom. The lowest BCUT2D eigenvalue weighted by Crippen LogP contribution is -2.54. The van der Waals surface area contributed by atoms with Crippen LogP contribution in [0.25, 0.3) is 10.9 Å². The van der Waals surface area contributed by atoms with Gasteiger partial charge in [-0.3, -0.25) is 9.69 Å². The molecule has 0 amide bonds. The highest BCUT2D eigenvalue weighted by molar-refractivity contribution is 5.86.